The Bertz CT molecular complexity index is 2730. The molecule has 57 heavy (non-hydrogen) atoms. The predicted molar refractivity (Wildman–Crippen MR) is 237 cm³/mol. The van der Waals surface area contributed by atoms with Crippen LogP contribution in [-0.2, 0) is 10.8 Å². The summed E-state index contributed by atoms with van der Waals surface area (Å²) in [6.45, 7) is 0. The second kappa shape index (κ2) is 12.1. The summed E-state index contributed by atoms with van der Waals surface area (Å²) in [5.41, 5.74) is 18.8. The van der Waals surface area contributed by atoms with E-state index in [0.29, 0.717) is 0 Å². The summed E-state index contributed by atoms with van der Waals surface area (Å²) in [5.74, 6) is 3.28. The number of rotatable bonds is 4. The molecule has 1 heteroatoms. The Morgan fingerprint density at radius 2 is 1.12 bits per heavy atom. The Morgan fingerprint density at radius 1 is 0.456 bits per heavy atom. The fourth-order valence-electron chi connectivity index (χ4n) is 14.3. The monoisotopic (exact) mass is 735 g/mol. The van der Waals surface area contributed by atoms with Crippen LogP contribution in [0.5, 0.6) is 0 Å². The molecule has 0 heterocycles. The Morgan fingerprint density at radius 3 is 2.02 bits per heavy atom. The number of anilines is 3. The molecule has 0 aromatic heterocycles. The lowest BCUT2D eigenvalue weighted by atomic mass is 9.51. The average Bonchev–Trinajstić information content (AvgIpc) is 3.90. The van der Waals surface area contributed by atoms with Crippen LogP contribution >= 0.6 is 0 Å². The van der Waals surface area contributed by atoms with Gasteiger partial charge in [-0.05, 0) is 160 Å². The molecule has 5 unspecified atom stereocenters. The van der Waals surface area contributed by atoms with Gasteiger partial charge in [0, 0.05) is 27.8 Å². The van der Waals surface area contributed by atoms with E-state index in [1.165, 1.54) is 125 Å². The lowest BCUT2D eigenvalue weighted by Gasteiger charge is -2.53. The summed E-state index contributed by atoms with van der Waals surface area (Å²) in [6.07, 6.45) is 13.6. The first-order valence-electron chi connectivity index (χ1n) is 22.1. The van der Waals surface area contributed by atoms with Crippen molar-refractivity contribution in [3.63, 3.8) is 0 Å². The second-order valence-corrected chi connectivity index (χ2v) is 18.7. The number of hydrogen-bond acceptors (Lipinski definition) is 1. The summed E-state index contributed by atoms with van der Waals surface area (Å²) in [5, 5.41) is 2.59. The molecule has 0 N–H and O–H groups in total. The first-order chi connectivity index (χ1) is 28.2. The Kier molecular flexibility index (Phi) is 6.91. The van der Waals surface area contributed by atoms with E-state index in [9.17, 15) is 0 Å². The van der Waals surface area contributed by atoms with Gasteiger partial charge in [-0.15, -0.1) is 0 Å². The van der Waals surface area contributed by atoms with Crippen molar-refractivity contribution < 1.29 is 0 Å². The van der Waals surface area contributed by atoms with Crippen LogP contribution in [0.25, 0.3) is 44.2 Å². The van der Waals surface area contributed by atoms with Crippen LogP contribution in [0.3, 0.4) is 0 Å². The van der Waals surface area contributed by atoms with E-state index in [-0.39, 0.29) is 10.8 Å². The van der Waals surface area contributed by atoms with Gasteiger partial charge in [0.1, 0.15) is 0 Å². The minimum atomic E-state index is 0.114. The molecule has 0 radical (unpaired) electrons. The number of nitrogens with zero attached hydrogens (tertiary/aromatic N) is 1. The molecule has 5 fully saturated rings. The van der Waals surface area contributed by atoms with E-state index in [1.54, 1.807) is 22.3 Å². The number of hydrogen-bond donors (Lipinski definition) is 0. The first-order valence-corrected chi connectivity index (χ1v) is 22.1. The van der Waals surface area contributed by atoms with Gasteiger partial charge in [0.25, 0.3) is 0 Å². The van der Waals surface area contributed by atoms with Crippen molar-refractivity contribution in [2.45, 2.75) is 75.0 Å². The second-order valence-electron chi connectivity index (χ2n) is 18.7. The van der Waals surface area contributed by atoms with Gasteiger partial charge in [-0.25, -0.2) is 0 Å². The molecule has 0 saturated heterocycles. The van der Waals surface area contributed by atoms with E-state index in [4.69, 9.17) is 0 Å². The van der Waals surface area contributed by atoms with Gasteiger partial charge in [-0.1, -0.05) is 141 Å². The van der Waals surface area contributed by atoms with Crippen LogP contribution in [-0.4, -0.2) is 0 Å². The molecule has 7 aliphatic rings. The lowest BCUT2D eigenvalue weighted by molar-refractivity contribution is 0.0618. The summed E-state index contributed by atoms with van der Waals surface area (Å²) in [7, 11) is 0. The molecule has 2 spiro atoms. The maximum Gasteiger partial charge on any atom is 0.0543 e. The molecule has 5 atom stereocenters. The molecular formula is C56H49N. The molecule has 7 aliphatic carbocycles. The largest absolute Gasteiger partial charge is 0.310 e. The highest BCUT2D eigenvalue weighted by Crippen LogP contribution is 2.69. The maximum atomic E-state index is 2.63. The van der Waals surface area contributed by atoms with Gasteiger partial charge in [0.15, 0.2) is 0 Å². The van der Waals surface area contributed by atoms with Crippen molar-refractivity contribution in [2.24, 2.45) is 23.7 Å². The molecule has 5 saturated carbocycles. The highest BCUT2D eigenvalue weighted by atomic mass is 15.1. The molecular weight excluding hydrogens is 687 g/mol. The van der Waals surface area contributed by atoms with Crippen LogP contribution in [0, 0.1) is 23.7 Å². The SMILES string of the molecule is c1ccc2c(c1)-c1cc(N(c3ccc(-c4cccc5ccccc45)cc3)c3cccc4c3-c3ccccc3C43C4CCC5CC(C4)CC3C5)ccc1C21CCCC1. The average molecular weight is 736 g/mol. The zero-order chi connectivity index (χ0) is 37.3. The minimum Gasteiger partial charge on any atom is -0.310 e. The van der Waals surface area contributed by atoms with E-state index < -0.39 is 0 Å². The van der Waals surface area contributed by atoms with Crippen LogP contribution < -0.4 is 4.90 Å². The third kappa shape index (κ3) is 4.41. The van der Waals surface area contributed by atoms with Crippen LogP contribution in [0.4, 0.5) is 17.1 Å². The number of benzene rings is 7. The highest BCUT2D eigenvalue weighted by molar-refractivity contribution is 5.99. The van der Waals surface area contributed by atoms with Crippen molar-refractivity contribution >= 4 is 27.8 Å². The number of fused-ring (bicyclic) bond motifs is 10. The smallest absolute Gasteiger partial charge is 0.0543 e. The first kappa shape index (κ1) is 32.7. The van der Waals surface area contributed by atoms with Gasteiger partial charge in [0.05, 0.1) is 5.69 Å². The third-order valence-corrected chi connectivity index (χ3v) is 16.3. The standard InChI is InChI=1S/C56H49N/c1-2-13-44-38(11-1)12-9-16-45(44)39-22-25-42(26-23-39)57(43-27-28-50-48(35-43)46-14-3-5-17-49(46)55(50)29-7-8-30-55)53-20-10-19-52-54(53)47-15-4-6-18-51(47)56(52)40-24-21-36-31-37(33-40)34-41(56)32-36/h1-6,9-20,22-23,25-28,35-37,40-41H,7-8,21,24,29-34H2. The molecule has 4 bridgehead atoms. The fourth-order valence-corrected chi connectivity index (χ4v) is 14.3. The molecule has 7 aromatic carbocycles. The van der Waals surface area contributed by atoms with Gasteiger partial charge >= 0.3 is 0 Å². The Balaban J connectivity index is 1.03. The summed E-state index contributed by atoms with van der Waals surface area (Å²) in [4.78, 5) is 2.63. The van der Waals surface area contributed by atoms with Crippen molar-refractivity contribution in [1.29, 1.82) is 0 Å². The van der Waals surface area contributed by atoms with Gasteiger partial charge in [-0.2, -0.15) is 0 Å². The van der Waals surface area contributed by atoms with Crippen molar-refractivity contribution in [3.8, 4) is 33.4 Å². The highest BCUT2D eigenvalue weighted by Gasteiger charge is 2.60. The molecule has 0 amide bonds. The summed E-state index contributed by atoms with van der Waals surface area (Å²) in [6, 6.07) is 59.0. The van der Waals surface area contributed by atoms with Gasteiger partial charge in [-0.3, -0.25) is 0 Å². The minimum absolute atomic E-state index is 0.114. The molecule has 0 aliphatic heterocycles. The van der Waals surface area contributed by atoms with E-state index in [2.05, 4.69) is 157 Å². The third-order valence-electron chi connectivity index (χ3n) is 16.3. The molecule has 14 rings (SSSR count). The van der Waals surface area contributed by atoms with Crippen LogP contribution in [0.1, 0.15) is 86.5 Å². The Labute approximate surface area is 337 Å². The van der Waals surface area contributed by atoms with Crippen molar-refractivity contribution in [2.75, 3.05) is 4.90 Å². The topological polar surface area (TPSA) is 3.24 Å². The Hall–Kier alpha value is -5.40. The lowest BCUT2D eigenvalue weighted by Crippen LogP contribution is -2.48. The van der Waals surface area contributed by atoms with Crippen molar-refractivity contribution in [1.82, 2.24) is 0 Å². The van der Waals surface area contributed by atoms with Crippen molar-refractivity contribution in [3.05, 3.63) is 174 Å². The van der Waals surface area contributed by atoms with E-state index >= 15 is 0 Å². The fraction of sp³-hybridized carbons (Fsp3) is 0.286. The zero-order valence-corrected chi connectivity index (χ0v) is 32.8. The maximum absolute atomic E-state index is 2.63. The molecule has 7 aromatic rings. The van der Waals surface area contributed by atoms with Gasteiger partial charge in [0.2, 0.25) is 0 Å². The quantitative estimate of drug-likeness (QED) is 0.174. The zero-order valence-electron chi connectivity index (χ0n) is 32.8. The normalized spacial score (nSPS) is 25.4. The predicted octanol–water partition coefficient (Wildman–Crippen LogP) is 14.9. The van der Waals surface area contributed by atoms with E-state index in [0.717, 1.165) is 23.7 Å². The summed E-state index contributed by atoms with van der Waals surface area (Å²) < 4.78 is 0. The van der Waals surface area contributed by atoms with Crippen LogP contribution in [0.2, 0.25) is 0 Å². The van der Waals surface area contributed by atoms with Gasteiger partial charge < -0.3 is 4.90 Å². The summed E-state index contributed by atoms with van der Waals surface area (Å²) >= 11 is 0. The molecule has 278 valence electrons. The molecule has 1 nitrogen and oxygen atoms in total. The van der Waals surface area contributed by atoms with Crippen LogP contribution in [0.15, 0.2) is 152 Å². The van der Waals surface area contributed by atoms with E-state index in [1.807, 2.05) is 0 Å².